The van der Waals surface area contributed by atoms with Gasteiger partial charge in [-0.3, -0.25) is 0 Å². The monoisotopic (exact) mass is 792 g/mol. The second kappa shape index (κ2) is 12.3. The van der Waals surface area contributed by atoms with Crippen molar-refractivity contribution >= 4 is 102 Å². The van der Waals surface area contributed by atoms with Gasteiger partial charge in [0, 0.05) is 64.6 Å². The van der Waals surface area contributed by atoms with Crippen LogP contribution in [0.5, 0.6) is 0 Å². The standard InChI is InChI=1S/C56H32N4S/c1-2-12-33(13-3-1)34-22-24-36(25-23-34)51-55-52(42-18-8-11-21-48(42)61-55)58-56(57-51)37-26-29-38(30-27-37)59-46-20-10-7-17-41(46)49-47(59)32-44-40-16-6-9-19-45(40)60-53-39-15-5-4-14-35(39)28-31-43(53)50(49)54(44)60/h1-32H. The number of benzene rings is 9. The first-order valence-electron chi connectivity index (χ1n) is 20.7. The largest absolute Gasteiger partial charge is 0.309 e. The summed E-state index contributed by atoms with van der Waals surface area (Å²) in [6, 6.07) is 70.4. The molecule has 0 fully saturated rings. The minimum Gasteiger partial charge on any atom is -0.309 e. The lowest BCUT2D eigenvalue weighted by molar-refractivity contribution is 1.18. The van der Waals surface area contributed by atoms with Gasteiger partial charge < -0.3 is 8.97 Å². The molecule has 0 saturated carbocycles. The highest BCUT2D eigenvalue weighted by molar-refractivity contribution is 7.26. The van der Waals surface area contributed by atoms with Crippen LogP contribution in [0.15, 0.2) is 194 Å². The van der Waals surface area contributed by atoms with E-state index in [0.29, 0.717) is 0 Å². The molecule has 0 amide bonds. The number of fused-ring (bicyclic) bond motifs is 15. The Morgan fingerprint density at radius 3 is 1.89 bits per heavy atom. The Morgan fingerprint density at radius 1 is 0.393 bits per heavy atom. The molecule has 5 aromatic heterocycles. The maximum absolute atomic E-state index is 5.35. The van der Waals surface area contributed by atoms with Gasteiger partial charge in [0.25, 0.3) is 0 Å². The first-order valence-corrected chi connectivity index (χ1v) is 21.6. The zero-order valence-corrected chi connectivity index (χ0v) is 33.5. The molecular weight excluding hydrogens is 761 g/mol. The fourth-order valence-corrected chi connectivity index (χ4v) is 11.3. The van der Waals surface area contributed by atoms with Crippen molar-refractivity contribution in [1.82, 2.24) is 18.9 Å². The first kappa shape index (κ1) is 33.0. The van der Waals surface area contributed by atoms with E-state index < -0.39 is 0 Å². The summed E-state index contributed by atoms with van der Waals surface area (Å²) < 4.78 is 7.29. The Morgan fingerprint density at radius 2 is 1.05 bits per heavy atom. The van der Waals surface area contributed by atoms with Gasteiger partial charge in [-0.05, 0) is 65.0 Å². The summed E-state index contributed by atoms with van der Waals surface area (Å²) in [5.74, 6) is 0.721. The molecule has 0 aliphatic rings. The lowest BCUT2D eigenvalue weighted by Gasteiger charge is -2.11. The molecule has 0 aliphatic heterocycles. The number of nitrogens with zero attached hydrogens (tertiary/aromatic N) is 4. The van der Waals surface area contributed by atoms with Crippen molar-refractivity contribution < 1.29 is 0 Å². The third-order valence-corrected chi connectivity index (χ3v) is 14.0. The zero-order valence-electron chi connectivity index (χ0n) is 32.7. The third kappa shape index (κ3) is 4.58. The van der Waals surface area contributed by atoms with Gasteiger partial charge in [-0.1, -0.05) is 146 Å². The molecule has 0 unspecified atom stereocenters. The van der Waals surface area contributed by atoms with Crippen LogP contribution >= 0.6 is 11.3 Å². The minimum atomic E-state index is 0.721. The van der Waals surface area contributed by atoms with Crippen LogP contribution in [0.3, 0.4) is 0 Å². The SMILES string of the molecule is c1ccc(-c2ccc(-c3nc(-c4ccc(-n5c6ccccc6c6c7c8ccc9ccccc9c8n8c9ccccc9c(cc65)c78)cc4)nc4c3sc3ccccc34)cc2)cc1. The van der Waals surface area contributed by atoms with Crippen LogP contribution in [-0.4, -0.2) is 18.9 Å². The van der Waals surface area contributed by atoms with E-state index in [1.807, 2.05) is 0 Å². The topological polar surface area (TPSA) is 35.1 Å². The van der Waals surface area contributed by atoms with Crippen LogP contribution in [0.4, 0.5) is 0 Å². The lowest BCUT2D eigenvalue weighted by atomic mass is 10.00. The zero-order chi connectivity index (χ0) is 39.8. The average Bonchev–Trinajstić information content (AvgIpc) is 4.07. The van der Waals surface area contributed by atoms with E-state index in [4.69, 9.17) is 9.97 Å². The second-order valence-electron chi connectivity index (χ2n) is 16.1. The van der Waals surface area contributed by atoms with Crippen LogP contribution in [0.2, 0.25) is 0 Å². The molecule has 0 bridgehead atoms. The van der Waals surface area contributed by atoms with Crippen molar-refractivity contribution in [3.63, 3.8) is 0 Å². The number of para-hydroxylation sites is 2. The van der Waals surface area contributed by atoms with Gasteiger partial charge >= 0.3 is 0 Å². The van der Waals surface area contributed by atoms with Crippen molar-refractivity contribution in [1.29, 1.82) is 0 Å². The highest BCUT2D eigenvalue weighted by atomic mass is 32.1. The molecule has 282 valence electrons. The number of aromatic nitrogens is 4. The number of rotatable bonds is 4. The molecule has 5 heterocycles. The molecule has 0 saturated heterocycles. The molecule has 0 spiro atoms. The molecule has 0 atom stereocenters. The maximum Gasteiger partial charge on any atom is 0.160 e. The van der Waals surface area contributed by atoms with Gasteiger partial charge in [0.1, 0.15) is 0 Å². The van der Waals surface area contributed by atoms with E-state index in [9.17, 15) is 0 Å². The summed E-state index contributed by atoms with van der Waals surface area (Å²) >= 11 is 1.77. The molecule has 14 rings (SSSR count). The molecule has 0 aliphatic carbocycles. The lowest BCUT2D eigenvalue weighted by Crippen LogP contribution is -1.96. The molecule has 0 N–H and O–H groups in total. The van der Waals surface area contributed by atoms with E-state index in [1.54, 1.807) is 11.3 Å². The Balaban J connectivity index is 0.985. The van der Waals surface area contributed by atoms with Crippen LogP contribution in [0.1, 0.15) is 0 Å². The van der Waals surface area contributed by atoms with E-state index in [-0.39, 0.29) is 0 Å². The Labute approximate surface area is 353 Å². The van der Waals surface area contributed by atoms with Crippen molar-refractivity contribution in [2.45, 2.75) is 0 Å². The van der Waals surface area contributed by atoms with E-state index >= 15 is 0 Å². The summed E-state index contributed by atoms with van der Waals surface area (Å²) in [4.78, 5) is 10.6. The van der Waals surface area contributed by atoms with Gasteiger partial charge in [0.2, 0.25) is 0 Å². The van der Waals surface area contributed by atoms with Crippen molar-refractivity contribution in [2.24, 2.45) is 0 Å². The third-order valence-electron chi connectivity index (χ3n) is 12.9. The van der Waals surface area contributed by atoms with Gasteiger partial charge in [-0.15, -0.1) is 11.3 Å². The maximum atomic E-state index is 5.35. The van der Waals surface area contributed by atoms with Crippen molar-refractivity contribution in [3.05, 3.63) is 194 Å². The predicted octanol–water partition coefficient (Wildman–Crippen LogP) is 15.2. The van der Waals surface area contributed by atoms with E-state index in [1.165, 1.54) is 86.5 Å². The van der Waals surface area contributed by atoms with Crippen molar-refractivity contribution in [2.75, 3.05) is 0 Å². The van der Waals surface area contributed by atoms with Gasteiger partial charge in [0.05, 0.1) is 43.5 Å². The van der Waals surface area contributed by atoms with E-state index in [0.717, 1.165) is 43.9 Å². The summed E-state index contributed by atoms with van der Waals surface area (Å²) in [7, 11) is 0. The van der Waals surface area contributed by atoms with Crippen molar-refractivity contribution in [3.8, 4) is 39.5 Å². The number of thiophene rings is 1. The summed E-state index contributed by atoms with van der Waals surface area (Å²) in [6.45, 7) is 0. The van der Waals surface area contributed by atoms with E-state index in [2.05, 4.69) is 203 Å². The van der Waals surface area contributed by atoms with Crippen LogP contribution in [0.25, 0.3) is 130 Å². The number of hydrogen-bond donors (Lipinski definition) is 0. The Bertz CT molecular complexity index is 4080. The molecule has 14 aromatic rings. The molecule has 4 nitrogen and oxygen atoms in total. The number of hydrogen-bond acceptors (Lipinski definition) is 3. The molecule has 5 heteroatoms. The average molecular weight is 793 g/mol. The Kier molecular flexibility index (Phi) is 6.68. The summed E-state index contributed by atoms with van der Waals surface area (Å²) in [5.41, 5.74) is 13.7. The normalized spacial score (nSPS) is 12.3. The molecular formula is C56H32N4S. The minimum absolute atomic E-state index is 0.721. The predicted molar refractivity (Wildman–Crippen MR) is 258 cm³/mol. The van der Waals surface area contributed by atoms with Crippen LogP contribution < -0.4 is 0 Å². The van der Waals surface area contributed by atoms with Crippen LogP contribution in [0, 0.1) is 0 Å². The molecule has 61 heavy (non-hydrogen) atoms. The van der Waals surface area contributed by atoms with Gasteiger partial charge in [0.15, 0.2) is 5.82 Å². The quantitative estimate of drug-likeness (QED) is 0.178. The smallest absolute Gasteiger partial charge is 0.160 e. The summed E-state index contributed by atoms with van der Waals surface area (Å²) in [6.07, 6.45) is 0. The van der Waals surface area contributed by atoms with Gasteiger partial charge in [-0.2, -0.15) is 0 Å². The van der Waals surface area contributed by atoms with Gasteiger partial charge in [-0.25, -0.2) is 9.97 Å². The Hall–Kier alpha value is -7.86. The second-order valence-corrected chi connectivity index (χ2v) is 17.1. The first-order chi connectivity index (χ1) is 30.3. The highest BCUT2D eigenvalue weighted by Crippen LogP contribution is 2.48. The molecule has 0 radical (unpaired) electrons. The summed E-state index contributed by atoms with van der Waals surface area (Å²) in [5, 5.41) is 11.3. The van der Waals surface area contributed by atoms with Crippen LogP contribution in [-0.2, 0) is 0 Å². The fourth-order valence-electron chi connectivity index (χ4n) is 10.2. The highest BCUT2D eigenvalue weighted by Gasteiger charge is 2.25. The molecule has 9 aromatic carbocycles. The fraction of sp³-hybridized carbons (Fsp3) is 0.